The van der Waals surface area contributed by atoms with Crippen LogP contribution in [0.15, 0.2) is 58.4 Å². The maximum Gasteiger partial charge on any atom is 0.270 e. The van der Waals surface area contributed by atoms with Gasteiger partial charge in [0.2, 0.25) is 10.0 Å². The minimum atomic E-state index is -3.87. The van der Waals surface area contributed by atoms with E-state index in [9.17, 15) is 22.9 Å². The lowest BCUT2D eigenvalue weighted by molar-refractivity contribution is -0.385. The second kappa shape index (κ2) is 11.6. The van der Waals surface area contributed by atoms with Crippen LogP contribution in [0.2, 0.25) is 0 Å². The van der Waals surface area contributed by atoms with Crippen molar-refractivity contribution >= 4 is 45.6 Å². The molecule has 0 amide bonds. The number of non-ortho nitro benzene ring substituents is 1. The number of aliphatic imine (C=N–C) groups is 1. The summed E-state index contributed by atoms with van der Waals surface area (Å²) < 4.78 is 39.7. The van der Waals surface area contributed by atoms with Crippen molar-refractivity contribution in [2.45, 2.75) is 11.4 Å². The molecule has 0 aromatic heterocycles. The molecular formula is C17H21FIN5O4S. The van der Waals surface area contributed by atoms with Gasteiger partial charge in [-0.15, -0.1) is 24.0 Å². The fourth-order valence-corrected chi connectivity index (χ4v) is 3.29. The highest BCUT2D eigenvalue weighted by molar-refractivity contribution is 14.0. The van der Waals surface area contributed by atoms with E-state index in [-0.39, 0.29) is 53.5 Å². The highest BCUT2D eigenvalue weighted by Crippen LogP contribution is 2.16. The van der Waals surface area contributed by atoms with Crippen molar-refractivity contribution in [2.75, 3.05) is 20.1 Å². The molecule has 0 aliphatic rings. The second-order valence-corrected chi connectivity index (χ2v) is 7.40. The first kappa shape index (κ1) is 24.7. The largest absolute Gasteiger partial charge is 0.355 e. The van der Waals surface area contributed by atoms with Gasteiger partial charge in [0, 0.05) is 38.8 Å². The van der Waals surface area contributed by atoms with Gasteiger partial charge < -0.3 is 10.6 Å². The number of nitrogens with one attached hydrogen (secondary N) is 3. The molecule has 12 heteroatoms. The SMILES string of the molecule is CN=C(NCCNS(=O)(=O)c1cccc([N+](=O)[O-])c1)NCc1ccc(F)cc1.I. The third-order valence-electron chi connectivity index (χ3n) is 3.65. The van der Waals surface area contributed by atoms with Gasteiger partial charge in [0.15, 0.2) is 5.96 Å². The molecule has 2 rings (SSSR count). The van der Waals surface area contributed by atoms with Crippen molar-refractivity contribution in [1.82, 2.24) is 15.4 Å². The van der Waals surface area contributed by atoms with E-state index >= 15 is 0 Å². The van der Waals surface area contributed by atoms with Crippen molar-refractivity contribution in [1.29, 1.82) is 0 Å². The van der Waals surface area contributed by atoms with Gasteiger partial charge in [0.05, 0.1) is 9.82 Å². The van der Waals surface area contributed by atoms with E-state index in [1.54, 1.807) is 19.2 Å². The lowest BCUT2D eigenvalue weighted by Gasteiger charge is -2.12. The topological polar surface area (TPSA) is 126 Å². The van der Waals surface area contributed by atoms with Crippen LogP contribution in [0.5, 0.6) is 0 Å². The summed E-state index contributed by atoms with van der Waals surface area (Å²) in [6, 6.07) is 10.8. The number of benzene rings is 2. The van der Waals surface area contributed by atoms with Crippen LogP contribution < -0.4 is 15.4 Å². The first-order valence-electron chi connectivity index (χ1n) is 8.25. The number of nitro groups is 1. The molecule has 2 aromatic carbocycles. The maximum absolute atomic E-state index is 12.9. The third-order valence-corrected chi connectivity index (χ3v) is 5.10. The van der Waals surface area contributed by atoms with E-state index in [1.807, 2.05) is 0 Å². The van der Waals surface area contributed by atoms with Crippen LogP contribution in [0.4, 0.5) is 10.1 Å². The molecule has 0 atom stereocenters. The molecule has 0 heterocycles. The molecule has 0 aliphatic heterocycles. The molecule has 0 radical (unpaired) electrons. The van der Waals surface area contributed by atoms with Crippen molar-refractivity contribution in [3.8, 4) is 0 Å². The van der Waals surface area contributed by atoms with Crippen LogP contribution in [-0.4, -0.2) is 39.4 Å². The molecule has 0 aliphatic carbocycles. The smallest absolute Gasteiger partial charge is 0.270 e. The van der Waals surface area contributed by atoms with Crippen molar-refractivity contribution in [3.05, 3.63) is 70.0 Å². The summed E-state index contributed by atoms with van der Waals surface area (Å²) in [5, 5.41) is 16.7. The highest BCUT2D eigenvalue weighted by atomic mass is 127. The zero-order valence-electron chi connectivity index (χ0n) is 15.5. The first-order chi connectivity index (χ1) is 13.3. The molecule has 2 aromatic rings. The van der Waals surface area contributed by atoms with Gasteiger partial charge in [-0.25, -0.2) is 17.5 Å². The summed E-state index contributed by atoms with van der Waals surface area (Å²) in [7, 11) is -2.31. The standard InChI is InChI=1S/C17H20FN5O4S.HI/c1-19-17(21-12-13-5-7-14(18)8-6-13)20-9-10-22-28(26,27)16-4-2-3-15(11-16)23(24)25;/h2-8,11,22H,9-10,12H2,1H3,(H2,19,20,21);1H. The quantitative estimate of drug-likeness (QED) is 0.118. The summed E-state index contributed by atoms with van der Waals surface area (Å²) in [5.41, 5.74) is 0.558. The molecule has 29 heavy (non-hydrogen) atoms. The number of hydrogen-bond acceptors (Lipinski definition) is 5. The predicted octanol–water partition coefficient (Wildman–Crippen LogP) is 2.00. The lowest BCUT2D eigenvalue weighted by atomic mass is 10.2. The number of nitrogens with zero attached hydrogens (tertiary/aromatic N) is 2. The van der Waals surface area contributed by atoms with Crippen LogP contribution in [0, 0.1) is 15.9 Å². The number of sulfonamides is 1. The number of halogens is 2. The van der Waals surface area contributed by atoms with E-state index in [1.165, 1.54) is 30.3 Å². The van der Waals surface area contributed by atoms with Gasteiger partial charge in [0.1, 0.15) is 5.82 Å². The Morgan fingerprint density at radius 1 is 1.14 bits per heavy atom. The predicted molar refractivity (Wildman–Crippen MR) is 118 cm³/mol. The van der Waals surface area contributed by atoms with Crippen LogP contribution in [0.3, 0.4) is 0 Å². The Morgan fingerprint density at radius 3 is 2.45 bits per heavy atom. The normalized spacial score (nSPS) is 11.4. The van der Waals surface area contributed by atoms with Crippen LogP contribution in [0.25, 0.3) is 0 Å². The Kier molecular flexibility index (Phi) is 9.91. The average Bonchev–Trinajstić information content (AvgIpc) is 2.68. The summed E-state index contributed by atoms with van der Waals surface area (Å²) in [6.07, 6.45) is 0. The molecular weight excluding hydrogens is 516 g/mol. The zero-order chi connectivity index (χ0) is 20.6. The van der Waals surface area contributed by atoms with Crippen LogP contribution in [-0.2, 0) is 16.6 Å². The second-order valence-electron chi connectivity index (χ2n) is 5.63. The van der Waals surface area contributed by atoms with Gasteiger partial charge >= 0.3 is 0 Å². The molecule has 0 unspecified atom stereocenters. The number of hydrogen-bond donors (Lipinski definition) is 3. The van der Waals surface area contributed by atoms with E-state index in [0.29, 0.717) is 12.5 Å². The molecule has 0 bridgehead atoms. The Balaban J connectivity index is 0.00000420. The Hall–Kier alpha value is -2.32. The minimum Gasteiger partial charge on any atom is -0.355 e. The Labute approximate surface area is 185 Å². The van der Waals surface area contributed by atoms with E-state index in [0.717, 1.165) is 11.6 Å². The average molecular weight is 537 g/mol. The van der Waals surface area contributed by atoms with Gasteiger partial charge in [-0.2, -0.15) is 0 Å². The molecule has 158 valence electrons. The van der Waals surface area contributed by atoms with Crippen molar-refractivity contribution < 1.29 is 17.7 Å². The zero-order valence-corrected chi connectivity index (χ0v) is 18.6. The number of rotatable bonds is 8. The Bertz CT molecular complexity index is 955. The summed E-state index contributed by atoms with van der Waals surface area (Å²) in [6.45, 7) is 0.693. The third kappa shape index (κ3) is 7.91. The molecule has 0 spiro atoms. The fraction of sp³-hybridized carbons (Fsp3) is 0.235. The molecule has 0 saturated carbocycles. The highest BCUT2D eigenvalue weighted by Gasteiger charge is 2.17. The van der Waals surface area contributed by atoms with Gasteiger partial charge in [-0.1, -0.05) is 18.2 Å². The molecule has 3 N–H and O–H groups in total. The number of nitro benzene ring substituents is 1. The Morgan fingerprint density at radius 2 is 1.83 bits per heavy atom. The van der Waals surface area contributed by atoms with E-state index < -0.39 is 14.9 Å². The summed E-state index contributed by atoms with van der Waals surface area (Å²) in [5.74, 6) is 0.126. The van der Waals surface area contributed by atoms with Gasteiger partial charge in [-0.3, -0.25) is 15.1 Å². The van der Waals surface area contributed by atoms with E-state index in [2.05, 4.69) is 20.3 Å². The monoisotopic (exact) mass is 537 g/mol. The van der Waals surface area contributed by atoms with Crippen LogP contribution in [0.1, 0.15) is 5.56 Å². The van der Waals surface area contributed by atoms with E-state index in [4.69, 9.17) is 0 Å². The molecule has 0 fully saturated rings. The van der Waals surface area contributed by atoms with Gasteiger partial charge in [0.25, 0.3) is 5.69 Å². The molecule has 0 saturated heterocycles. The first-order valence-corrected chi connectivity index (χ1v) is 9.73. The molecule has 9 nitrogen and oxygen atoms in total. The van der Waals surface area contributed by atoms with Gasteiger partial charge in [-0.05, 0) is 23.8 Å². The summed E-state index contributed by atoms with van der Waals surface area (Å²) in [4.78, 5) is 13.9. The summed E-state index contributed by atoms with van der Waals surface area (Å²) >= 11 is 0. The van der Waals surface area contributed by atoms with Crippen molar-refractivity contribution in [2.24, 2.45) is 4.99 Å². The van der Waals surface area contributed by atoms with Crippen molar-refractivity contribution in [3.63, 3.8) is 0 Å². The van der Waals surface area contributed by atoms with Crippen LogP contribution >= 0.6 is 24.0 Å². The number of guanidine groups is 1. The maximum atomic E-state index is 12.9. The lowest BCUT2D eigenvalue weighted by Crippen LogP contribution is -2.41. The fourth-order valence-electron chi connectivity index (χ4n) is 2.22. The minimum absolute atomic E-state index is 0.